The molecule has 5 heteroatoms. The molecule has 1 heterocycles. The smallest absolute Gasteiger partial charge is 0.279 e. The maximum absolute atomic E-state index is 8.89. The summed E-state index contributed by atoms with van der Waals surface area (Å²) >= 11 is 3.30. The molecule has 0 saturated carbocycles. The molecular formula is C7H10BrN2O2+. The van der Waals surface area contributed by atoms with Crippen molar-refractivity contribution in [3.63, 3.8) is 0 Å². The second-order valence-corrected chi connectivity index (χ2v) is 3.14. The van der Waals surface area contributed by atoms with E-state index < -0.39 is 0 Å². The van der Waals surface area contributed by atoms with Crippen molar-refractivity contribution in [2.24, 2.45) is 0 Å². The minimum atomic E-state index is 0.429. The van der Waals surface area contributed by atoms with Crippen LogP contribution in [0.5, 0.6) is 5.88 Å². The molecule has 0 bridgehead atoms. The van der Waals surface area contributed by atoms with Gasteiger partial charge < -0.3 is 4.74 Å². The number of hydrogen-bond acceptors (Lipinski definition) is 3. The molecule has 0 fully saturated rings. The summed E-state index contributed by atoms with van der Waals surface area (Å²) in [4.78, 5) is 3.97. The van der Waals surface area contributed by atoms with Gasteiger partial charge in [-0.2, -0.15) is 5.48 Å². The average molecular weight is 234 g/mol. The fourth-order valence-electron chi connectivity index (χ4n) is 0.885. The number of quaternary nitrogens is 1. The molecule has 0 aliphatic heterocycles. The molecule has 3 N–H and O–H groups in total. The van der Waals surface area contributed by atoms with E-state index in [1.807, 2.05) is 6.92 Å². The number of nitrogens with zero attached hydrogens (tertiary/aromatic N) is 1. The van der Waals surface area contributed by atoms with E-state index in [2.05, 4.69) is 20.9 Å². The highest BCUT2D eigenvalue weighted by atomic mass is 79.9. The van der Waals surface area contributed by atoms with Gasteiger partial charge in [-0.05, 0) is 22.9 Å². The molecule has 0 unspecified atom stereocenters. The van der Waals surface area contributed by atoms with Crippen molar-refractivity contribution in [3.8, 4) is 5.88 Å². The lowest BCUT2D eigenvalue weighted by Crippen LogP contribution is -2.74. The summed E-state index contributed by atoms with van der Waals surface area (Å²) in [5, 5.41) is 8.89. The summed E-state index contributed by atoms with van der Waals surface area (Å²) in [6.07, 6.45) is 1.64. The molecule has 0 aliphatic carbocycles. The number of nitrogens with two attached hydrogens (primary N) is 1. The summed E-state index contributed by atoms with van der Waals surface area (Å²) in [5.74, 6) is 0.429. The third-order valence-corrected chi connectivity index (χ3v) is 2.41. The third-order valence-electron chi connectivity index (χ3n) is 1.61. The van der Waals surface area contributed by atoms with Gasteiger partial charge in [0.1, 0.15) is 0 Å². The number of aromatic nitrogens is 1. The second-order valence-electron chi connectivity index (χ2n) is 2.28. The van der Waals surface area contributed by atoms with E-state index >= 15 is 0 Å². The Morgan fingerprint density at radius 1 is 1.67 bits per heavy atom. The molecule has 66 valence electrons. The number of halogens is 1. The molecule has 1 aromatic heterocycles. The maximum Gasteiger partial charge on any atom is 0.279 e. The predicted molar refractivity (Wildman–Crippen MR) is 46.6 cm³/mol. The van der Waals surface area contributed by atoms with E-state index in [0.29, 0.717) is 11.6 Å². The van der Waals surface area contributed by atoms with Gasteiger partial charge in [-0.15, -0.1) is 0 Å². The Labute approximate surface area is 78.7 Å². The van der Waals surface area contributed by atoms with Crippen molar-refractivity contribution in [2.75, 3.05) is 7.11 Å². The van der Waals surface area contributed by atoms with Gasteiger partial charge in [-0.1, -0.05) is 0 Å². The summed E-state index contributed by atoms with van der Waals surface area (Å²) in [6, 6.07) is 0. The first kappa shape index (κ1) is 9.44. The summed E-state index contributed by atoms with van der Waals surface area (Å²) in [7, 11) is 1.52. The minimum Gasteiger partial charge on any atom is -0.477 e. The normalized spacial score (nSPS) is 10.0. The number of ether oxygens (including phenoxy) is 1. The van der Waals surface area contributed by atoms with Crippen LogP contribution in [0.25, 0.3) is 0 Å². The molecule has 0 radical (unpaired) electrons. The first-order chi connectivity index (χ1) is 5.70. The van der Waals surface area contributed by atoms with Crippen LogP contribution in [-0.2, 0) is 0 Å². The van der Waals surface area contributed by atoms with Gasteiger partial charge in [0.25, 0.3) is 5.88 Å². The molecule has 0 saturated heterocycles. The van der Waals surface area contributed by atoms with Gasteiger partial charge >= 0.3 is 0 Å². The molecule has 1 rings (SSSR count). The van der Waals surface area contributed by atoms with Gasteiger partial charge in [0.15, 0.2) is 0 Å². The SMILES string of the molecule is COc1ncc(Br)c(C)c1[NH2+]O. The minimum absolute atomic E-state index is 0.429. The van der Waals surface area contributed by atoms with Crippen LogP contribution in [0.4, 0.5) is 5.69 Å². The monoisotopic (exact) mass is 233 g/mol. The van der Waals surface area contributed by atoms with E-state index in [4.69, 9.17) is 9.94 Å². The first-order valence-electron chi connectivity index (χ1n) is 3.37. The fraction of sp³-hybridized carbons (Fsp3) is 0.286. The molecule has 4 nitrogen and oxygen atoms in total. The molecule has 0 atom stereocenters. The average Bonchev–Trinajstić information content (AvgIpc) is 2.09. The van der Waals surface area contributed by atoms with Crippen LogP contribution in [0.3, 0.4) is 0 Å². The Balaban J connectivity index is 3.25. The van der Waals surface area contributed by atoms with Gasteiger partial charge in [-0.3, -0.25) is 0 Å². The van der Waals surface area contributed by atoms with Crippen LogP contribution in [0, 0.1) is 6.92 Å². The topological polar surface area (TPSA) is 59.0 Å². The van der Waals surface area contributed by atoms with Gasteiger partial charge in [-0.25, -0.2) is 10.2 Å². The lowest BCUT2D eigenvalue weighted by molar-refractivity contribution is -0.826. The van der Waals surface area contributed by atoms with Crippen LogP contribution in [0.1, 0.15) is 5.56 Å². The number of rotatable bonds is 2. The second kappa shape index (κ2) is 3.84. The highest BCUT2D eigenvalue weighted by molar-refractivity contribution is 9.10. The molecule has 1 aromatic rings. The highest BCUT2D eigenvalue weighted by Crippen LogP contribution is 2.26. The highest BCUT2D eigenvalue weighted by Gasteiger charge is 2.13. The van der Waals surface area contributed by atoms with E-state index in [1.165, 1.54) is 7.11 Å². The van der Waals surface area contributed by atoms with Gasteiger partial charge in [0.05, 0.1) is 7.11 Å². The van der Waals surface area contributed by atoms with Crippen LogP contribution in [0.15, 0.2) is 10.7 Å². The van der Waals surface area contributed by atoms with Gasteiger partial charge in [0.2, 0.25) is 5.69 Å². The number of pyridine rings is 1. The fourth-order valence-corrected chi connectivity index (χ4v) is 1.20. The van der Waals surface area contributed by atoms with Crippen molar-refractivity contribution in [1.82, 2.24) is 4.98 Å². The zero-order valence-corrected chi connectivity index (χ0v) is 8.42. The third kappa shape index (κ3) is 1.57. The van der Waals surface area contributed by atoms with Crippen LogP contribution < -0.4 is 10.2 Å². The van der Waals surface area contributed by atoms with Crippen molar-refractivity contribution < 1.29 is 15.4 Å². The standard InChI is InChI=1S/C7H9BrN2O2/c1-4-5(8)3-9-7(12-2)6(4)10-11/h3,10-11H,1-2H3/p+1. The Kier molecular flexibility index (Phi) is 3.02. The molecule has 12 heavy (non-hydrogen) atoms. The largest absolute Gasteiger partial charge is 0.477 e. The molecule has 0 aromatic carbocycles. The Hall–Kier alpha value is -0.650. The molecule has 0 aliphatic rings. The quantitative estimate of drug-likeness (QED) is 0.742. The summed E-state index contributed by atoms with van der Waals surface area (Å²) in [5.41, 5.74) is 2.50. The van der Waals surface area contributed by atoms with E-state index in [0.717, 1.165) is 15.5 Å². The Morgan fingerprint density at radius 3 is 2.83 bits per heavy atom. The molecule has 0 spiro atoms. The van der Waals surface area contributed by atoms with Crippen LogP contribution in [-0.4, -0.2) is 17.3 Å². The Bertz CT molecular complexity index is 291. The van der Waals surface area contributed by atoms with E-state index in [1.54, 1.807) is 6.20 Å². The van der Waals surface area contributed by atoms with Crippen molar-refractivity contribution >= 4 is 21.6 Å². The lowest BCUT2D eigenvalue weighted by atomic mass is 10.2. The molecule has 0 amide bonds. The van der Waals surface area contributed by atoms with Crippen molar-refractivity contribution in [3.05, 3.63) is 16.2 Å². The first-order valence-corrected chi connectivity index (χ1v) is 4.16. The maximum atomic E-state index is 8.89. The Morgan fingerprint density at radius 2 is 2.33 bits per heavy atom. The predicted octanol–water partition coefficient (Wildman–Crippen LogP) is 0.745. The van der Waals surface area contributed by atoms with Crippen molar-refractivity contribution in [2.45, 2.75) is 6.92 Å². The zero-order valence-electron chi connectivity index (χ0n) is 6.84. The molecular weight excluding hydrogens is 224 g/mol. The van der Waals surface area contributed by atoms with Crippen LogP contribution >= 0.6 is 15.9 Å². The van der Waals surface area contributed by atoms with Gasteiger partial charge in [0, 0.05) is 16.2 Å². The van der Waals surface area contributed by atoms with Crippen molar-refractivity contribution in [1.29, 1.82) is 0 Å². The zero-order chi connectivity index (χ0) is 9.14. The summed E-state index contributed by atoms with van der Waals surface area (Å²) in [6.45, 7) is 1.87. The van der Waals surface area contributed by atoms with Crippen LogP contribution in [0.2, 0.25) is 0 Å². The lowest BCUT2D eigenvalue weighted by Gasteiger charge is -2.05. The van der Waals surface area contributed by atoms with E-state index in [-0.39, 0.29) is 0 Å². The number of hydrogen-bond donors (Lipinski definition) is 2. The number of methoxy groups -OCH3 is 1. The van der Waals surface area contributed by atoms with E-state index in [9.17, 15) is 0 Å². The summed E-state index contributed by atoms with van der Waals surface area (Å²) < 4.78 is 5.80.